The molecule has 3 N–H and O–H groups in total. The van der Waals surface area contributed by atoms with Crippen LogP contribution in [0.1, 0.15) is 22.8 Å². The summed E-state index contributed by atoms with van der Waals surface area (Å²) in [6.07, 6.45) is 0. The average molecular weight is 265 g/mol. The maximum atomic E-state index is 13.3. The number of amides is 1. The zero-order chi connectivity index (χ0) is 12.3. The maximum Gasteiger partial charge on any atom is 0.254 e. The molecule has 0 heterocycles. The monoisotopic (exact) mass is 264 g/mol. The van der Waals surface area contributed by atoms with E-state index in [-0.39, 0.29) is 36.1 Å². The van der Waals surface area contributed by atoms with Gasteiger partial charge in [0, 0.05) is 18.7 Å². The Morgan fingerprint density at radius 1 is 1.41 bits per heavy atom. The summed E-state index contributed by atoms with van der Waals surface area (Å²) in [6.45, 7) is 3.43. The van der Waals surface area contributed by atoms with Crippen LogP contribution in [0.25, 0.3) is 0 Å². The van der Waals surface area contributed by atoms with Gasteiger partial charge in [0.15, 0.2) is 0 Å². The van der Waals surface area contributed by atoms with Crippen molar-refractivity contribution in [3.05, 3.63) is 34.9 Å². The van der Waals surface area contributed by atoms with Crippen LogP contribution in [0.15, 0.2) is 12.1 Å². The number of rotatable bonds is 3. The van der Waals surface area contributed by atoms with Crippen molar-refractivity contribution in [3.8, 4) is 0 Å². The number of carbonyl (C=O) groups excluding carboxylic acids is 1. The molecule has 0 saturated carbocycles. The Bertz CT molecular complexity index is 413. The van der Waals surface area contributed by atoms with Crippen molar-refractivity contribution in [1.82, 2.24) is 5.32 Å². The average Bonchev–Trinajstić information content (AvgIpc) is 2.23. The Morgan fingerprint density at radius 2 is 2.00 bits per heavy atom. The fourth-order valence-corrected chi connectivity index (χ4v) is 1.19. The highest BCUT2D eigenvalue weighted by Gasteiger charge is 2.15. The third kappa shape index (κ3) is 3.94. The lowest BCUT2D eigenvalue weighted by Crippen LogP contribution is -2.38. The largest absolute Gasteiger partial charge is 0.348 e. The summed E-state index contributed by atoms with van der Waals surface area (Å²) in [5, 5.41) is 2.51. The molecule has 0 spiro atoms. The highest BCUT2D eigenvalue weighted by atomic mass is 35.5. The molecule has 0 unspecified atom stereocenters. The van der Waals surface area contributed by atoms with Gasteiger partial charge < -0.3 is 11.1 Å². The Morgan fingerprint density at radius 3 is 2.53 bits per heavy atom. The molecule has 0 fully saturated rings. The number of halogens is 3. The van der Waals surface area contributed by atoms with E-state index in [1.165, 1.54) is 13.0 Å². The molecule has 0 aliphatic heterocycles. The van der Waals surface area contributed by atoms with Crippen molar-refractivity contribution < 1.29 is 13.6 Å². The van der Waals surface area contributed by atoms with Crippen LogP contribution in [0.4, 0.5) is 8.78 Å². The van der Waals surface area contributed by atoms with Crippen LogP contribution in [0.3, 0.4) is 0 Å². The highest BCUT2D eigenvalue weighted by Crippen LogP contribution is 2.14. The first-order valence-electron chi connectivity index (χ1n) is 4.92. The third-order valence-electron chi connectivity index (χ3n) is 2.22. The molecule has 6 heteroatoms. The van der Waals surface area contributed by atoms with Gasteiger partial charge in [-0.2, -0.15) is 0 Å². The van der Waals surface area contributed by atoms with Crippen molar-refractivity contribution in [2.75, 3.05) is 6.54 Å². The van der Waals surface area contributed by atoms with Crippen LogP contribution < -0.4 is 11.1 Å². The van der Waals surface area contributed by atoms with E-state index in [0.717, 1.165) is 0 Å². The van der Waals surface area contributed by atoms with Gasteiger partial charge in [0.1, 0.15) is 11.6 Å². The SMILES string of the molecule is Cc1cc(C(=O)N[C@@H](C)CN)c(F)cc1F.Cl. The maximum absolute atomic E-state index is 13.3. The van der Waals surface area contributed by atoms with Gasteiger partial charge in [0.2, 0.25) is 0 Å². The van der Waals surface area contributed by atoms with Gasteiger partial charge in [0.05, 0.1) is 5.56 Å². The van der Waals surface area contributed by atoms with E-state index < -0.39 is 17.5 Å². The zero-order valence-electron chi connectivity index (χ0n) is 9.59. The van der Waals surface area contributed by atoms with Crippen LogP contribution in [-0.2, 0) is 0 Å². The van der Waals surface area contributed by atoms with Crippen molar-refractivity contribution >= 4 is 18.3 Å². The molecule has 1 aromatic rings. The van der Waals surface area contributed by atoms with Crippen LogP contribution in [-0.4, -0.2) is 18.5 Å². The summed E-state index contributed by atoms with van der Waals surface area (Å²) < 4.78 is 26.3. The van der Waals surface area contributed by atoms with E-state index in [4.69, 9.17) is 5.73 Å². The molecule has 1 aromatic carbocycles. The van der Waals surface area contributed by atoms with Crippen LogP contribution in [0, 0.1) is 18.6 Å². The fourth-order valence-electron chi connectivity index (χ4n) is 1.19. The summed E-state index contributed by atoms with van der Waals surface area (Å²) in [5.74, 6) is -2.12. The minimum atomic E-state index is -0.871. The van der Waals surface area contributed by atoms with E-state index >= 15 is 0 Å². The van der Waals surface area contributed by atoms with E-state index in [1.54, 1.807) is 6.92 Å². The predicted molar refractivity (Wildman–Crippen MR) is 64.3 cm³/mol. The molecule has 0 radical (unpaired) electrons. The van der Waals surface area contributed by atoms with Gasteiger partial charge >= 0.3 is 0 Å². The molecule has 17 heavy (non-hydrogen) atoms. The molecule has 0 aliphatic rings. The Balaban J connectivity index is 0.00000256. The molecule has 1 amide bonds. The first-order chi connectivity index (χ1) is 7.45. The molecule has 0 aliphatic carbocycles. The van der Waals surface area contributed by atoms with Gasteiger partial charge in [-0.25, -0.2) is 8.78 Å². The highest BCUT2D eigenvalue weighted by molar-refractivity contribution is 5.94. The standard InChI is InChI=1S/C11H14F2N2O.ClH/c1-6-3-8(10(13)4-9(6)12)11(16)15-7(2)5-14;/h3-4,7H,5,14H2,1-2H3,(H,15,16);1H/t7-;/m0./s1. The third-order valence-corrected chi connectivity index (χ3v) is 2.22. The second-order valence-corrected chi connectivity index (χ2v) is 3.69. The summed E-state index contributed by atoms with van der Waals surface area (Å²) in [5.41, 5.74) is 5.38. The Labute approximate surface area is 105 Å². The number of hydrogen-bond donors (Lipinski definition) is 2. The smallest absolute Gasteiger partial charge is 0.254 e. The summed E-state index contributed by atoms with van der Waals surface area (Å²) in [7, 11) is 0. The topological polar surface area (TPSA) is 55.1 Å². The van der Waals surface area contributed by atoms with E-state index in [9.17, 15) is 13.6 Å². The predicted octanol–water partition coefficient (Wildman–Crippen LogP) is 1.77. The number of benzene rings is 1. The first-order valence-corrected chi connectivity index (χ1v) is 4.92. The van der Waals surface area contributed by atoms with Crippen LogP contribution in [0.2, 0.25) is 0 Å². The normalized spacial score (nSPS) is 11.6. The summed E-state index contributed by atoms with van der Waals surface area (Å²) in [6, 6.07) is 1.64. The second-order valence-electron chi connectivity index (χ2n) is 3.69. The Hall–Kier alpha value is -1.20. The molecule has 1 atom stereocenters. The van der Waals surface area contributed by atoms with E-state index in [1.807, 2.05) is 0 Å². The molecule has 0 saturated heterocycles. The second kappa shape index (κ2) is 6.51. The number of nitrogens with two attached hydrogens (primary N) is 1. The lowest BCUT2D eigenvalue weighted by molar-refractivity contribution is 0.0937. The zero-order valence-corrected chi connectivity index (χ0v) is 10.4. The minimum Gasteiger partial charge on any atom is -0.348 e. The van der Waals surface area contributed by atoms with Crippen molar-refractivity contribution in [3.63, 3.8) is 0 Å². The number of aryl methyl sites for hydroxylation is 1. The summed E-state index contributed by atoms with van der Waals surface area (Å²) >= 11 is 0. The quantitative estimate of drug-likeness (QED) is 0.874. The van der Waals surface area contributed by atoms with E-state index in [2.05, 4.69) is 5.32 Å². The van der Waals surface area contributed by atoms with Crippen molar-refractivity contribution in [2.24, 2.45) is 5.73 Å². The number of hydrogen-bond acceptors (Lipinski definition) is 2. The van der Waals surface area contributed by atoms with Gasteiger partial charge in [-0.05, 0) is 25.5 Å². The number of carbonyl (C=O) groups is 1. The molecule has 1 rings (SSSR count). The lowest BCUT2D eigenvalue weighted by atomic mass is 10.1. The van der Waals surface area contributed by atoms with Gasteiger partial charge in [-0.3, -0.25) is 4.79 Å². The molecular weight excluding hydrogens is 250 g/mol. The Kier molecular flexibility index (Phi) is 6.05. The van der Waals surface area contributed by atoms with Gasteiger partial charge in [0.25, 0.3) is 5.91 Å². The van der Waals surface area contributed by atoms with Gasteiger partial charge in [-0.1, -0.05) is 0 Å². The fraction of sp³-hybridized carbons (Fsp3) is 0.364. The summed E-state index contributed by atoms with van der Waals surface area (Å²) in [4.78, 5) is 11.6. The van der Waals surface area contributed by atoms with Crippen LogP contribution in [0.5, 0.6) is 0 Å². The van der Waals surface area contributed by atoms with Crippen molar-refractivity contribution in [2.45, 2.75) is 19.9 Å². The molecule has 3 nitrogen and oxygen atoms in total. The first kappa shape index (κ1) is 15.8. The minimum absolute atomic E-state index is 0. The molecule has 0 bridgehead atoms. The van der Waals surface area contributed by atoms with Gasteiger partial charge in [-0.15, -0.1) is 12.4 Å². The van der Waals surface area contributed by atoms with Crippen molar-refractivity contribution in [1.29, 1.82) is 0 Å². The molecule has 0 aromatic heterocycles. The molecule has 96 valence electrons. The number of nitrogens with one attached hydrogen (secondary N) is 1. The van der Waals surface area contributed by atoms with Crippen LogP contribution >= 0.6 is 12.4 Å². The van der Waals surface area contributed by atoms with E-state index in [0.29, 0.717) is 6.07 Å². The lowest BCUT2D eigenvalue weighted by Gasteiger charge is -2.12. The molecular formula is C11H15ClF2N2O.